The number of nitrogens with zero attached hydrogens (tertiary/aromatic N) is 2. The highest BCUT2D eigenvalue weighted by atomic mass is 35.5. The van der Waals surface area contributed by atoms with Crippen LogP contribution in [0, 0.1) is 5.82 Å². The molecule has 0 saturated carbocycles. The Bertz CT molecular complexity index is 713. The SMILES string of the molecule is Nc1cc(C2CCN(C(=O)Nc3ccc(F)c(Cl)c3)CC2)no1. The Morgan fingerprint density at radius 1 is 1.39 bits per heavy atom. The molecule has 0 aliphatic carbocycles. The number of halogens is 2. The summed E-state index contributed by atoms with van der Waals surface area (Å²) in [6.07, 6.45) is 1.56. The molecule has 2 amide bonds. The number of anilines is 2. The van der Waals surface area contributed by atoms with Crippen LogP contribution < -0.4 is 11.1 Å². The highest BCUT2D eigenvalue weighted by Crippen LogP contribution is 2.28. The van der Waals surface area contributed by atoms with Crippen molar-refractivity contribution in [2.45, 2.75) is 18.8 Å². The van der Waals surface area contributed by atoms with Gasteiger partial charge < -0.3 is 20.5 Å². The van der Waals surface area contributed by atoms with E-state index in [2.05, 4.69) is 10.5 Å². The van der Waals surface area contributed by atoms with Crippen LogP contribution in [0.15, 0.2) is 28.8 Å². The predicted octanol–water partition coefficient (Wildman–Crippen LogP) is 3.46. The van der Waals surface area contributed by atoms with Crippen LogP contribution in [0.4, 0.5) is 20.8 Å². The first-order chi connectivity index (χ1) is 11.0. The zero-order valence-electron chi connectivity index (χ0n) is 12.3. The zero-order valence-corrected chi connectivity index (χ0v) is 13.0. The number of likely N-dealkylation sites (tertiary alicyclic amines) is 1. The smallest absolute Gasteiger partial charge is 0.321 e. The summed E-state index contributed by atoms with van der Waals surface area (Å²) >= 11 is 5.71. The third-order valence-electron chi connectivity index (χ3n) is 3.92. The number of nitrogen functional groups attached to an aromatic ring is 1. The van der Waals surface area contributed by atoms with Crippen molar-refractivity contribution in [3.05, 3.63) is 40.8 Å². The minimum Gasteiger partial charge on any atom is -0.368 e. The zero-order chi connectivity index (χ0) is 16.4. The van der Waals surface area contributed by atoms with Gasteiger partial charge in [-0.25, -0.2) is 9.18 Å². The molecule has 8 heteroatoms. The molecule has 23 heavy (non-hydrogen) atoms. The Morgan fingerprint density at radius 3 is 2.74 bits per heavy atom. The van der Waals surface area contributed by atoms with Crippen LogP contribution in [0.1, 0.15) is 24.5 Å². The van der Waals surface area contributed by atoms with Gasteiger partial charge in [-0.2, -0.15) is 0 Å². The lowest BCUT2D eigenvalue weighted by molar-refractivity contribution is 0.193. The van der Waals surface area contributed by atoms with Crippen molar-refractivity contribution in [3.63, 3.8) is 0 Å². The molecular weight excluding hydrogens is 323 g/mol. The molecule has 1 aromatic heterocycles. The lowest BCUT2D eigenvalue weighted by Crippen LogP contribution is -2.40. The Labute approximate surface area is 137 Å². The Hall–Kier alpha value is -2.28. The van der Waals surface area contributed by atoms with Crippen molar-refractivity contribution >= 4 is 29.2 Å². The molecular formula is C15H16ClFN4O2. The minimum absolute atomic E-state index is 0.0230. The number of hydrogen-bond acceptors (Lipinski definition) is 4. The largest absolute Gasteiger partial charge is 0.368 e. The number of carbonyl (C=O) groups excluding carboxylic acids is 1. The molecule has 3 rings (SSSR count). The van der Waals surface area contributed by atoms with Gasteiger partial charge in [0.15, 0.2) is 0 Å². The first-order valence-corrected chi connectivity index (χ1v) is 7.64. The van der Waals surface area contributed by atoms with Crippen molar-refractivity contribution in [2.75, 3.05) is 24.1 Å². The molecule has 2 heterocycles. The van der Waals surface area contributed by atoms with E-state index in [1.807, 2.05) is 0 Å². The van der Waals surface area contributed by atoms with E-state index >= 15 is 0 Å². The molecule has 0 bridgehead atoms. The van der Waals surface area contributed by atoms with Gasteiger partial charge in [-0.1, -0.05) is 16.8 Å². The molecule has 1 saturated heterocycles. The Morgan fingerprint density at radius 2 is 2.13 bits per heavy atom. The molecule has 6 nitrogen and oxygen atoms in total. The van der Waals surface area contributed by atoms with Crippen LogP contribution in [0.25, 0.3) is 0 Å². The first kappa shape index (κ1) is 15.6. The first-order valence-electron chi connectivity index (χ1n) is 7.26. The summed E-state index contributed by atoms with van der Waals surface area (Å²) in [7, 11) is 0. The molecule has 1 aliphatic heterocycles. The molecule has 1 fully saturated rings. The fraction of sp³-hybridized carbons (Fsp3) is 0.333. The van der Waals surface area contributed by atoms with E-state index in [-0.39, 0.29) is 17.0 Å². The summed E-state index contributed by atoms with van der Waals surface area (Å²) in [6, 6.07) is 5.58. The minimum atomic E-state index is -0.516. The standard InChI is InChI=1S/C15H16ClFN4O2/c16-11-7-10(1-2-12(11)17)19-15(22)21-5-3-9(4-6-21)13-8-14(18)23-20-13/h1-2,7-9H,3-6,18H2,(H,19,22). The molecule has 2 aromatic rings. The summed E-state index contributed by atoms with van der Waals surface area (Å²) in [5.74, 6) is 0.0195. The number of aromatic nitrogens is 1. The number of benzene rings is 1. The molecule has 0 spiro atoms. The maximum atomic E-state index is 13.1. The number of amides is 2. The van der Waals surface area contributed by atoms with E-state index in [4.69, 9.17) is 21.9 Å². The summed E-state index contributed by atoms with van der Waals surface area (Å²) in [5.41, 5.74) is 6.82. The normalized spacial score (nSPS) is 15.7. The average molecular weight is 339 g/mol. The van der Waals surface area contributed by atoms with Gasteiger partial charge >= 0.3 is 6.03 Å². The number of nitrogens with one attached hydrogen (secondary N) is 1. The predicted molar refractivity (Wildman–Crippen MR) is 84.9 cm³/mol. The van der Waals surface area contributed by atoms with E-state index in [0.717, 1.165) is 18.5 Å². The third kappa shape index (κ3) is 3.56. The molecule has 122 valence electrons. The fourth-order valence-corrected chi connectivity index (χ4v) is 2.83. The van der Waals surface area contributed by atoms with Crippen LogP contribution in [0.3, 0.4) is 0 Å². The van der Waals surface area contributed by atoms with Crippen LogP contribution in [0.2, 0.25) is 5.02 Å². The summed E-state index contributed by atoms with van der Waals surface area (Å²) in [4.78, 5) is 13.9. The van der Waals surface area contributed by atoms with E-state index in [1.54, 1.807) is 11.0 Å². The van der Waals surface area contributed by atoms with Crippen LogP contribution >= 0.6 is 11.6 Å². The maximum Gasteiger partial charge on any atom is 0.321 e. The van der Waals surface area contributed by atoms with Gasteiger partial charge in [0.05, 0.1) is 10.7 Å². The van der Waals surface area contributed by atoms with Gasteiger partial charge in [-0.05, 0) is 31.0 Å². The lowest BCUT2D eigenvalue weighted by Gasteiger charge is -2.31. The molecule has 1 aliphatic rings. The van der Waals surface area contributed by atoms with E-state index in [1.165, 1.54) is 18.2 Å². The summed E-state index contributed by atoms with van der Waals surface area (Å²) in [6.45, 7) is 1.19. The Kier molecular flexibility index (Phi) is 4.38. The van der Waals surface area contributed by atoms with Crippen molar-refractivity contribution in [1.82, 2.24) is 10.1 Å². The van der Waals surface area contributed by atoms with Crippen LogP contribution in [0.5, 0.6) is 0 Å². The fourth-order valence-electron chi connectivity index (χ4n) is 2.65. The van der Waals surface area contributed by atoms with Crippen molar-refractivity contribution in [2.24, 2.45) is 0 Å². The number of hydrogen-bond donors (Lipinski definition) is 2. The molecule has 0 radical (unpaired) electrons. The van der Waals surface area contributed by atoms with Crippen molar-refractivity contribution < 1.29 is 13.7 Å². The monoisotopic (exact) mass is 338 g/mol. The highest BCUT2D eigenvalue weighted by molar-refractivity contribution is 6.31. The van der Waals surface area contributed by atoms with Gasteiger partial charge in [0.2, 0.25) is 5.88 Å². The second-order valence-corrected chi connectivity index (χ2v) is 5.88. The van der Waals surface area contributed by atoms with Crippen LogP contribution in [-0.4, -0.2) is 29.2 Å². The van der Waals surface area contributed by atoms with E-state index in [0.29, 0.717) is 24.7 Å². The molecule has 0 atom stereocenters. The Balaban J connectivity index is 1.56. The average Bonchev–Trinajstić information content (AvgIpc) is 2.97. The maximum absolute atomic E-state index is 13.1. The van der Waals surface area contributed by atoms with Gasteiger partial charge in [0.25, 0.3) is 0 Å². The summed E-state index contributed by atoms with van der Waals surface area (Å²) < 4.78 is 18.0. The quantitative estimate of drug-likeness (QED) is 0.878. The molecule has 0 unspecified atom stereocenters. The second-order valence-electron chi connectivity index (χ2n) is 5.47. The van der Waals surface area contributed by atoms with Crippen LogP contribution in [-0.2, 0) is 0 Å². The van der Waals surface area contributed by atoms with Gasteiger partial charge in [-0.3, -0.25) is 0 Å². The van der Waals surface area contributed by atoms with Gasteiger partial charge in [0.1, 0.15) is 5.82 Å². The molecule has 3 N–H and O–H groups in total. The van der Waals surface area contributed by atoms with Crippen molar-refractivity contribution in [1.29, 1.82) is 0 Å². The number of nitrogens with two attached hydrogens (primary N) is 1. The van der Waals surface area contributed by atoms with Crippen molar-refractivity contribution in [3.8, 4) is 0 Å². The number of urea groups is 1. The van der Waals surface area contributed by atoms with Gasteiger partial charge in [-0.15, -0.1) is 0 Å². The number of piperidine rings is 1. The van der Waals surface area contributed by atoms with E-state index in [9.17, 15) is 9.18 Å². The number of carbonyl (C=O) groups is 1. The van der Waals surface area contributed by atoms with Gasteiger partial charge in [0, 0.05) is 30.8 Å². The summed E-state index contributed by atoms with van der Waals surface area (Å²) in [5, 5.41) is 6.62. The molecule has 1 aromatic carbocycles. The van der Waals surface area contributed by atoms with E-state index < -0.39 is 5.82 Å². The number of rotatable bonds is 2. The lowest BCUT2D eigenvalue weighted by atomic mass is 9.94. The topological polar surface area (TPSA) is 84.4 Å². The third-order valence-corrected chi connectivity index (χ3v) is 4.21. The second kappa shape index (κ2) is 6.45. The highest BCUT2D eigenvalue weighted by Gasteiger charge is 2.25.